The van der Waals surface area contributed by atoms with E-state index in [-0.39, 0.29) is 18.1 Å². The molecule has 1 amide bonds. The average Bonchev–Trinajstić information content (AvgIpc) is 2.78. The van der Waals surface area contributed by atoms with E-state index in [0.717, 1.165) is 30.8 Å². The van der Waals surface area contributed by atoms with Crippen molar-refractivity contribution < 1.29 is 14.3 Å². The Morgan fingerprint density at radius 3 is 2.31 bits per heavy atom. The number of hydrogen-bond acceptors (Lipinski definition) is 4. The van der Waals surface area contributed by atoms with Crippen LogP contribution in [0.5, 0.6) is 0 Å². The Kier molecular flexibility index (Phi) is 7.51. The van der Waals surface area contributed by atoms with Crippen LogP contribution in [0.3, 0.4) is 0 Å². The van der Waals surface area contributed by atoms with Crippen LogP contribution in [-0.2, 0) is 32.8 Å². The number of halogens is 1. The lowest BCUT2D eigenvalue weighted by atomic mass is 9.73. The minimum Gasteiger partial charge on any atom is -0.381 e. The smallest absolute Gasteiger partial charge is 0.231 e. The zero-order valence-electron chi connectivity index (χ0n) is 19.0. The lowest BCUT2D eigenvalue weighted by Crippen LogP contribution is -2.48. The maximum Gasteiger partial charge on any atom is 0.231 e. The maximum absolute atomic E-state index is 13.5. The highest BCUT2D eigenvalue weighted by atomic mass is 35.5. The highest BCUT2D eigenvalue weighted by Gasteiger charge is 2.41. The van der Waals surface area contributed by atoms with Gasteiger partial charge in [-0.05, 0) is 55.5 Å². The summed E-state index contributed by atoms with van der Waals surface area (Å²) in [4.78, 5) is 16.0. The first kappa shape index (κ1) is 23.2. The monoisotopic (exact) mass is 456 g/mol. The summed E-state index contributed by atoms with van der Waals surface area (Å²) >= 11 is 6.10. The minimum atomic E-state index is -0.577. The van der Waals surface area contributed by atoms with Gasteiger partial charge in [0.1, 0.15) is 0 Å². The van der Waals surface area contributed by atoms with Crippen molar-refractivity contribution in [3.8, 4) is 0 Å². The SMILES string of the molecule is CC1CN(Cc2ccccc2CNC(=O)C2(c3ccc(Cl)cc3)CCOCC2)CC(C)O1. The number of rotatable bonds is 6. The first-order valence-electron chi connectivity index (χ1n) is 11.5. The van der Waals surface area contributed by atoms with E-state index in [2.05, 4.69) is 42.3 Å². The molecule has 2 heterocycles. The number of nitrogens with one attached hydrogen (secondary N) is 1. The molecule has 2 unspecified atom stereocenters. The van der Waals surface area contributed by atoms with Gasteiger partial charge in [0.05, 0.1) is 17.6 Å². The molecule has 0 spiro atoms. The fourth-order valence-electron chi connectivity index (χ4n) is 5.02. The number of benzene rings is 2. The molecule has 0 aromatic heterocycles. The van der Waals surface area contributed by atoms with E-state index in [9.17, 15) is 4.79 Å². The van der Waals surface area contributed by atoms with Crippen LogP contribution in [0.1, 0.15) is 43.4 Å². The van der Waals surface area contributed by atoms with E-state index in [1.807, 2.05) is 30.3 Å². The van der Waals surface area contributed by atoms with Gasteiger partial charge in [0.15, 0.2) is 0 Å². The van der Waals surface area contributed by atoms with Crippen molar-refractivity contribution in [3.63, 3.8) is 0 Å². The van der Waals surface area contributed by atoms with E-state index in [0.29, 0.717) is 37.6 Å². The van der Waals surface area contributed by atoms with Gasteiger partial charge < -0.3 is 14.8 Å². The van der Waals surface area contributed by atoms with Crippen LogP contribution < -0.4 is 5.32 Å². The summed E-state index contributed by atoms with van der Waals surface area (Å²) in [7, 11) is 0. The number of ether oxygens (including phenoxy) is 2. The molecule has 4 rings (SSSR count). The summed E-state index contributed by atoms with van der Waals surface area (Å²) in [5, 5.41) is 3.92. The van der Waals surface area contributed by atoms with Crippen molar-refractivity contribution in [2.45, 2.75) is 57.4 Å². The Morgan fingerprint density at radius 2 is 1.66 bits per heavy atom. The summed E-state index contributed by atoms with van der Waals surface area (Å²) in [6.07, 6.45) is 1.81. The normalized spacial score (nSPS) is 23.6. The molecule has 172 valence electrons. The second kappa shape index (κ2) is 10.3. The predicted octanol–water partition coefficient (Wildman–Crippen LogP) is 4.31. The Bertz CT molecular complexity index is 902. The number of amides is 1. The van der Waals surface area contributed by atoms with Gasteiger partial charge in [-0.1, -0.05) is 48.0 Å². The molecule has 0 aliphatic carbocycles. The number of nitrogens with zero attached hydrogens (tertiary/aromatic N) is 1. The molecule has 0 radical (unpaired) electrons. The van der Waals surface area contributed by atoms with Crippen molar-refractivity contribution in [1.82, 2.24) is 10.2 Å². The van der Waals surface area contributed by atoms with Gasteiger partial charge in [-0.25, -0.2) is 0 Å². The number of carbonyl (C=O) groups excluding carboxylic acids is 1. The van der Waals surface area contributed by atoms with Crippen molar-refractivity contribution in [2.24, 2.45) is 0 Å². The van der Waals surface area contributed by atoms with Crippen LogP contribution >= 0.6 is 11.6 Å². The van der Waals surface area contributed by atoms with Crippen molar-refractivity contribution >= 4 is 17.5 Å². The molecule has 32 heavy (non-hydrogen) atoms. The quantitative estimate of drug-likeness (QED) is 0.703. The Balaban J connectivity index is 1.47. The maximum atomic E-state index is 13.5. The molecule has 6 heteroatoms. The number of morpholine rings is 1. The van der Waals surface area contributed by atoms with E-state index < -0.39 is 5.41 Å². The van der Waals surface area contributed by atoms with Crippen molar-refractivity contribution in [1.29, 1.82) is 0 Å². The largest absolute Gasteiger partial charge is 0.381 e. The first-order valence-corrected chi connectivity index (χ1v) is 11.9. The lowest BCUT2D eigenvalue weighted by Gasteiger charge is -2.37. The second-order valence-electron chi connectivity index (χ2n) is 9.10. The molecule has 2 saturated heterocycles. The van der Waals surface area contributed by atoms with E-state index in [4.69, 9.17) is 21.1 Å². The summed E-state index contributed by atoms with van der Waals surface area (Å²) in [5.41, 5.74) is 2.84. The molecule has 0 saturated carbocycles. The van der Waals surface area contributed by atoms with Crippen LogP contribution in [0.4, 0.5) is 0 Å². The third-order valence-electron chi connectivity index (χ3n) is 6.62. The highest BCUT2D eigenvalue weighted by Crippen LogP contribution is 2.36. The average molecular weight is 457 g/mol. The summed E-state index contributed by atoms with van der Waals surface area (Å²) in [6, 6.07) is 16.1. The van der Waals surface area contributed by atoms with Crippen LogP contribution in [0.2, 0.25) is 5.02 Å². The van der Waals surface area contributed by atoms with Crippen LogP contribution in [0.15, 0.2) is 48.5 Å². The van der Waals surface area contributed by atoms with E-state index >= 15 is 0 Å². The van der Waals surface area contributed by atoms with Crippen molar-refractivity contribution in [2.75, 3.05) is 26.3 Å². The molecule has 2 atom stereocenters. The van der Waals surface area contributed by atoms with Crippen LogP contribution in [-0.4, -0.2) is 49.3 Å². The van der Waals surface area contributed by atoms with Gasteiger partial charge >= 0.3 is 0 Å². The minimum absolute atomic E-state index is 0.0616. The summed E-state index contributed by atoms with van der Waals surface area (Å²) in [5.74, 6) is 0.0616. The second-order valence-corrected chi connectivity index (χ2v) is 9.54. The van der Waals surface area contributed by atoms with E-state index in [1.165, 1.54) is 5.56 Å². The lowest BCUT2D eigenvalue weighted by molar-refractivity contribution is -0.130. The van der Waals surface area contributed by atoms with Gasteiger partial charge in [0, 0.05) is 44.4 Å². The number of carbonyl (C=O) groups is 1. The van der Waals surface area contributed by atoms with Crippen LogP contribution in [0.25, 0.3) is 0 Å². The fourth-order valence-corrected chi connectivity index (χ4v) is 5.14. The molecule has 2 aromatic carbocycles. The standard InChI is InChI=1S/C26H33ClN2O3/c1-19-16-29(17-20(2)32-19)18-22-6-4-3-5-21(22)15-28-25(30)26(11-13-31-14-12-26)23-7-9-24(27)10-8-23/h3-10,19-20H,11-18H2,1-2H3,(H,28,30). The molecule has 1 N–H and O–H groups in total. The van der Waals surface area contributed by atoms with Crippen LogP contribution in [0, 0.1) is 0 Å². The third-order valence-corrected chi connectivity index (χ3v) is 6.88. The molecule has 2 fully saturated rings. The van der Waals surface area contributed by atoms with Gasteiger partial charge in [-0.2, -0.15) is 0 Å². The zero-order valence-corrected chi connectivity index (χ0v) is 19.7. The third kappa shape index (κ3) is 5.34. The molecule has 2 aromatic rings. The molecule has 5 nitrogen and oxygen atoms in total. The Morgan fingerprint density at radius 1 is 1.03 bits per heavy atom. The van der Waals surface area contributed by atoms with Gasteiger partial charge in [0.2, 0.25) is 5.91 Å². The molecule has 0 bridgehead atoms. The fraction of sp³-hybridized carbons (Fsp3) is 0.500. The number of hydrogen-bond donors (Lipinski definition) is 1. The molecular weight excluding hydrogens is 424 g/mol. The summed E-state index contributed by atoms with van der Waals surface area (Å²) in [6.45, 7) is 8.63. The zero-order chi connectivity index (χ0) is 22.6. The van der Waals surface area contributed by atoms with Crippen molar-refractivity contribution in [3.05, 3.63) is 70.2 Å². The summed E-state index contributed by atoms with van der Waals surface area (Å²) < 4.78 is 11.5. The molecular formula is C26H33ClN2O3. The highest BCUT2D eigenvalue weighted by molar-refractivity contribution is 6.30. The van der Waals surface area contributed by atoms with E-state index in [1.54, 1.807) is 0 Å². The topological polar surface area (TPSA) is 50.8 Å². The predicted molar refractivity (Wildman–Crippen MR) is 127 cm³/mol. The van der Waals surface area contributed by atoms with Gasteiger partial charge in [-0.15, -0.1) is 0 Å². The Labute approximate surface area is 196 Å². The molecule has 2 aliphatic heterocycles. The van der Waals surface area contributed by atoms with Gasteiger partial charge in [0.25, 0.3) is 0 Å². The molecule has 2 aliphatic rings. The van der Waals surface area contributed by atoms with Gasteiger partial charge in [-0.3, -0.25) is 9.69 Å². The Hall–Kier alpha value is -1.92. The first-order chi connectivity index (χ1) is 15.5.